The third-order valence-corrected chi connectivity index (χ3v) is 1.59. The lowest BCUT2D eigenvalue weighted by Crippen LogP contribution is -2.18. The van der Waals surface area contributed by atoms with Crippen LogP contribution in [0.1, 0.15) is 20.7 Å². The molecule has 0 bridgehead atoms. The number of hydroxylamine groups is 2. The van der Waals surface area contributed by atoms with Gasteiger partial charge in [-0.15, -0.1) is 0 Å². The number of hydrogen-bond donors (Lipinski definition) is 2. The Morgan fingerprint density at radius 3 is 1.36 bits per heavy atom. The largest absolute Gasteiger partial charge is 0.759 e. The summed E-state index contributed by atoms with van der Waals surface area (Å²) in [5, 5.41) is 20.0. The summed E-state index contributed by atoms with van der Waals surface area (Å²) in [6, 6.07) is 5.10. The van der Waals surface area contributed by atoms with Crippen LogP contribution in [0.2, 0.25) is 0 Å². The van der Waals surface area contributed by atoms with Crippen LogP contribution in [-0.4, -0.2) is 11.8 Å². The molecule has 0 spiro atoms. The van der Waals surface area contributed by atoms with Crippen LogP contribution in [-0.2, 0) is 0 Å². The molecule has 0 fully saturated rings. The van der Waals surface area contributed by atoms with Gasteiger partial charge in [-0.25, -0.2) is 0 Å². The van der Waals surface area contributed by atoms with Crippen molar-refractivity contribution in [3.8, 4) is 0 Å². The van der Waals surface area contributed by atoms with Crippen molar-refractivity contribution in [1.29, 1.82) is 0 Å². The number of amides is 2. The highest BCUT2D eigenvalue weighted by molar-refractivity contribution is 5.97. The molecule has 0 saturated carbocycles. The highest BCUT2D eigenvalue weighted by Crippen LogP contribution is 2.04. The van der Waals surface area contributed by atoms with Crippen molar-refractivity contribution >= 4 is 11.8 Å². The zero-order valence-corrected chi connectivity index (χ0v) is 6.94. The van der Waals surface area contributed by atoms with Gasteiger partial charge < -0.3 is 21.4 Å². The summed E-state index contributed by atoms with van der Waals surface area (Å²) >= 11 is 0. The van der Waals surface area contributed by atoms with Crippen molar-refractivity contribution < 1.29 is 9.59 Å². The lowest BCUT2D eigenvalue weighted by molar-refractivity contribution is 0.0958. The topological polar surface area (TPSA) is 104 Å². The maximum atomic E-state index is 10.8. The fraction of sp³-hybridized carbons (Fsp3) is 0. The van der Waals surface area contributed by atoms with E-state index in [9.17, 15) is 20.0 Å². The Labute approximate surface area is 79.1 Å². The van der Waals surface area contributed by atoms with E-state index in [0.717, 1.165) is 0 Å². The first-order chi connectivity index (χ1) is 6.69. The second-order valence-electron chi connectivity index (χ2n) is 2.44. The Balaban J connectivity index is 2.89. The second kappa shape index (κ2) is 4.35. The van der Waals surface area contributed by atoms with Crippen LogP contribution < -0.4 is 11.0 Å². The molecule has 6 heteroatoms. The third kappa shape index (κ3) is 2.06. The molecule has 14 heavy (non-hydrogen) atoms. The van der Waals surface area contributed by atoms with Crippen LogP contribution in [0, 0.1) is 10.4 Å². The zero-order valence-electron chi connectivity index (χ0n) is 6.94. The normalized spacial score (nSPS) is 9.29. The predicted octanol–water partition coefficient (Wildman–Crippen LogP) is 0.142. The molecule has 6 nitrogen and oxygen atoms in total. The summed E-state index contributed by atoms with van der Waals surface area (Å²) in [5.41, 5.74) is 2.64. The minimum absolute atomic E-state index is 0.127. The average molecular weight is 194 g/mol. The SMILES string of the molecule is O=C(N[O-])c1ccc(C(=O)N[O-])cc1. The fourth-order valence-electron chi connectivity index (χ4n) is 0.891. The van der Waals surface area contributed by atoms with Crippen molar-refractivity contribution in [3.63, 3.8) is 0 Å². The molecule has 0 aromatic heterocycles. The highest BCUT2D eigenvalue weighted by Gasteiger charge is 2.03. The minimum atomic E-state index is -0.793. The second-order valence-corrected chi connectivity index (χ2v) is 2.44. The number of benzene rings is 1. The number of rotatable bonds is 2. The minimum Gasteiger partial charge on any atom is -0.759 e. The summed E-state index contributed by atoms with van der Waals surface area (Å²) in [5.74, 6) is -1.59. The Morgan fingerprint density at radius 1 is 0.857 bits per heavy atom. The van der Waals surface area contributed by atoms with Gasteiger partial charge in [0.25, 0.3) is 0 Å². The van der Waals surface area contributed by atoms with Crippen LogP contribution in [0.5, 0.6) is 0 Å². The van der Waals surface area contributed by atoms with Crippen molar-refractivity contribution in [2.24, 2.45) is 0 Å². The van der Waals surface area contributed by atoms with Crippen molar-refractivity contribution in [1.82, 2.24) is 11.0 Å². The first kappa shape index (κ1) is 10.2. The van der Waals surface area contributed by atoms with Crippen LogP contribution >= 0.6 is 0 Å². The van der Waals surface area contributed by atoms with Gasteiger partial charge in [0.15, 0.2) is 0 Å². The van der Waals surface area contributed by atoms with Crippen LogP contribution in [0.3, 0.4) is 0 Å². The fourth-order valence-corrected chi connectivity index (χ4v) is 0.891. The molecular weight excluding hydrogens is 188 g/mol. The molecule has 2 N–H and O–H groups in total. The summed E-state index contributed by atoms with van der Waals surface area (Å²) < 4.78 is 0. The molecule has 0 aliphatic carbocycles. The summed E-state index contributed by atoms with van der Waals surface area (Å²) in [4.78, 5) is 21.6. The van der Waals surface area contributed by atoms with Gasteiger partial charge in [0.1, 0.15) is 0 Å². The third-order valence-electron chi connectivity index (χ3n) is 1.59. The molecule has 1 rings (SSSR count). The summed E-state index contributed by atoms with van der Waals surface area (Å²) in [6.07, 6.45) is 0. The van der Waals surface area contributed by atoms with E-state index < -0.39 is 11.8 Å². The maximum Gasteiger partial charge on any atom is 0.240 e. The highest BCUT2D eigenvalue weighted by atomic mass is 16.5. The van der Waals surface area contributed by atoms with Gasteiger partial charge in [0.2, 0.25) is 11.8 Å². The Bertz CT molecular complexity index is 312. The van der Waals surface area contributed by atoms with E-state index in [2.05, 4.69) is 0 Å². The molecule has 1 aromatic carbocycles. The molecule has 0 radical (unpaired) electrons. The van der Waals surface area contributed by atoms with Gasteiger partial charge in [-0.05, 0) is 24.3 Å². The van der Waals surface area contributed by atoms with Crippen LogP contribution in [0.15, 0.2) is 24.3 Å². The van der Waals surface area contributed by atoms with E-state index in [1.54, 1.807) is 0 Å². The van der Waals surface area contributed by atoms with Gasteiger partial charge >= 0.3 is 0 Å². The molecule has 0 aliphatic rings. The first-order valence-electron chi connectivity index (χ1n) is 3.64. The van der Waals surface area contributed by atoms with E-state index >= 15 is 0 Å². The zero-order chi connectivity index (χ0) is 10.6. The Kier molecular flexibility index (Phi) is 3.16. The molecule has 0 atom stereocenters. The Morgan fingerprint density at radius 2 is 1.14 bits per heavy atom. The van der Waals surface area contributed by atoms with Gasteiger partial charge in [-0.1, -0.05) is 0 Å². The van der Waals surface area contributed by atoms with Crippen molar-refractivity contribution in [2.75, 3.05) is 0 Å². The smallest absolute Gasteiger partial charge is 0.240 e. The van der Waals surface area contributed by atoms with Gasteiger partial charge in [0.05, 0.1) is 0 Å². The number of carbonyl (C=O) groups excluding carboxylic acids is 2. The van der Waals surface area contributed by atoms with E-state index in [-0.39, 0.29) is 11.1 Å². The molecule has 0 heterocycles. The first-order valence-corrected chi connectivity index (χ1v) is 3.64. The number of nitrogens with one attached hydrogen (secondary N) is 2. The van der Waals surface area contributed by atoms with E-state index in [1.165, 1.54) is 35.2 Å². The average Bonchev–Trinajstić information content (AvgIpc) is 2.27. The quantitative estimate of drug-likeness (QED) is 0.653. The van der Waals surface area contributed by atoms with E-state index in [0.29, 0.717) is 0 Å². The van der Waals surface area contributed by atoms with Crippen LogP contribution in [0.25, 0.3) is 0 Å². The monoisotopic (exact) mass is 194 g/mol. The lowest BCUT2D eigenvalue weighted by atomic mass is 10.1. The van der Waals surface area contributed by atoms with E-state index in [1.807, 2.05) is 0 Å². The summed E-state index contributed by atoms with van der Waals surface area (Å²) in [7, 11) is 0. The van der Waals surface area contributed by atoms with E-state index in [4.69, 9.17) is 0 Å². The molecule has 74 valence electrons. The molecule has 0 unspecified atom stereocenters. The lowest BCUT2D eigenvalue weighted by Gasteiger charge is -2.09. The van der Waals surface area contributed by atoms with Crippen molar-refractivity contribution in [2.45, 2.75) is 0 Å². The Hall–Kier alpha value is -1.92. The van der Waals surface area contributed by atoms with Crippen molar-refractivity contribution in [3.05, 3.63) is 45.8 Å². The molecule has 2 amide bonds. The summed E-state index contributed by atoms with van der Waals surface area (Å²) in [6.45, 7) is 0. The van der Waals surface area contributed by atoms with Gasteiger partial charge in [-0.3, -0.25) is 9.59 Å². The molecule has 0 saturated heterocycles. The van der Waals surface area contributed by atoms with Crippen LogP contribution in [0.4, 0.5) is 0 Å². The van der Waals surface area contributed by atoms with Gasteiger partial charge in [0, 0.05) is 11.1 Å². The number of hydrogen-bond acceptors (Lipinski definition) is 4. The van der Waals surface area contributed by atoms with Gasteiger partial charge in [-0.2, -0.15) is 0 Å². The molecule has 0 aliphatic heterocycles. The molecular formula is C8H6N2O4-2. The predicted molar refractivity (Wildman–Crippen MR) is 48.1 cm³/mol. The standard InChI is InChI=1S/C8H6N2O4/c11-7(9-13)5-1-2-6(4-3-5)8(12)10-14/h1-4H,(H2-2,9,10,11,12,13,14)/q-2. The molecule has 1 aromatic rings. The maximum absolute atomic E-state index is 10.8. The number of carbonyl (C=O) groups is 2.